The van der Waals surface area contributed by atoms with Gasteiger partial charge in [0.2, 0.25) is 0 Å². The second kappa shape index (κ2) is 7.22. The number of carbonyl (C=O) groups is 1. The average Bonchev–Trinajstić information content (AvgIpc) is 2.83. The van der Waals surface area contributed by atoms with E-state index in [4.69, 9.17) is 0 Å². The van der Waals surface area contributed by atoms with Crippen molar-refractivity contribution >= 4 is 54.8 Å². The van der Waals surface area contributed by atoms with E-state index in [1.807, 2.05) is 29.6 Å². The highest BCUT2D eigenvalue weighted by Gasteiger charge is 2.11. The molecule has 1 amide bonds. The lowest BCUT2D eigenvalue weighted by atomic mass is 10.1. The first-order valence-electron chi connectivity index (χ1n) is 5.90. The third-order valence-corrected chi connectivity index (χ3v) is 5.00. The van der Waals surface area contributed by atoms with Crippen LogP contribution in [0.25, 0.3) is 0 Å². The summed E-state index contributed by atoms with van der Waals surface area (Å²) in [6.45, 7) is 0. The maximum Gasteiger partial charge on any atom is 0.266 e. The number of halogens is 2. The molecule has 2 aromatic rings. The Morgan fingerprint density at radius 1 is 1.32 bits per heavy atom. The Morgan fingerprint density at radius 3 is 2.84 bits per heavy atom. The van der Waals surface area contributed by atoms with Crippen LogP contribution in [0.5, 0.6) is 0 Å². The molecule has 2 rings (SSSR count). The van der Waals surface area contributed by atoms with Crippen molar-refractivity contribution in [2.75, 3.05) is 10.6 Å². The molecule has 0 radical (unpaired) electrons. The molecule has 2 nitrogen and oxygen atoms in total. The molecule has 0 spiro atoms. The third-order valence-electron chi connectivity index (χ3n) is 2.61. The molecule has 0 atom stereocenters. The normalized spacial score (nSPS) is 10.4. The van der Waals surface area contributed by atoms with E-state index in [1.54, 1.807) is 0 Å². The SMILES string of the molecule is O=C(Nc1cccc(CCCBr)c1)c1sccc1Br. The maximum atomic E-state index is 12.1. The van der Waals surface area contributed by atoms with E-state index in [9.17, 15) is 4.79 Å². The lowest BCUT2D eigenvalue weighted by Crippen LogP contribution is -2.10. The second-order valence-electron chi connectivity index (χ2n) is 4.04. The van der Waals surface area contributed by atoms with Gasteiger partial charge >= 0.3 is 0 Å². The molecular weight excluding hydrogens is 390 g/mol. The molecule has 1 aromatic carbocycles. The molecule has 0 saturated carbocycles. The van der Waals surface area contributed by atoms with Crippen LogP contribution < -0.4 is 5.32 Å². The highest BCUT2D eigenvalue weighted by molar-refractivity contribution is 9.10. The Balaban J connectivity index is 2.07. The van der Waals surface area contributed by atoms with Crippen LogP contribution in [-0.4, -0.2) is 11.2 Å². The minimum Gasteiger partial charge on any atom is -0.321 e. The summed E-state index contributed by atoms with van der Waals surface area (Å²) >= 11 is 8.23. The molecule has 0 aliphatic carbocycles. The standard InChI is InChI=1S/C14H13Br2NOS/c15-7-2-4-10-3-1-5-11(9-10)17-14(18)13-12(16)6-8-19-13/h1,3,5-6,8-9H,2,4,7H2,(H,17,18). The van der Waals surface area contributed by atoms with Crippen molar-refractivity contribution in [2.45, 2.75) is 12.8 Å². The van der Waals surface area contributed by atoms with Crippen LogP contribution in [-0.2, 0) is 6.42 Å². The Labute approximate surface area is 133 Å². The number of aryl methyl sites for hydroxylation is 1. The zero-order chi connectivity index (χ0) is 13.7. The summed E-state index contributed by atoms with van der Waals surface area (Å²) in [7, 11) is 0. The smallest absolute Gasteiger partial charge is 0.266 e. The van der Waals surface area contributed by atoms with Crippen LogP contribution in [0.2, 0.25) is 0 Å². The van der Waals surface area contributed by atoms with Gasteiger partial charge in [-0.2, -0.15) is 0 Å². The van der Waals surface area contributed by atoms with E-state index >= 15 is 0 Å². The van der Waals surface area contributed by atoms with Gasteiger partial charge in [0.1, 0.15) is 4.88 Å². The number of thiophene rings is 1. The second-order valence-corrected chi connectivity index (χ2v) is 6.61. The lowest BCUT2D eigenvalue weighted by Gasteiger charge is -2.06. The Kier molecular flexibility index (Phi) is 5.60. The molecule has 0 fully saturated rings. The summed E-state index contributed by atoms with van der Waals surface area (Å²) in [6, 6.07) is 9.88. The van der Waals surface area contributed by atoms with Crippen molar-refractivity contribution in [3.63, 3.8) is 0 Å². The van der Waals surface area contributed by atoms with Crippen LogP contribution in [0.3, 0.4) is 0 Å². The van der Waals surface area contributed by atoms with Gasteiger partial charge in [-0.25, -0.2) is 0 Å². The average molecular weight is 403 g/mol. The largest absolute Gasteiger partial charge is 0.321 e. The Bertz CT molecular complexity index is 568. The molecule has 0 bridgehead atoms. The van der Waals surface area contributed by atoms with Crippen LogP contribution in [0.15, 0.2) is 40.2 Å². The fraction of sp³-hybridized carbons (Fsp3) is 0.214. The molecule has 1 aromatic heterocycles. The highest BCUT2D eigenvalue weighted by atomic mass is 79.9. The van der Waals surface area contributed by atoms with Gasteiger partial charge in [-0.3, -0.25) is 4.79 Å². The number of anilines is 1. The van der Waals surface area contributed by atoms with Gasteiger partial charge in [-0.15, -0.1) is 11.3 Å². The summed E-state index contributed by atoms with van der Waals surface area (Å²) in [5.74, 6) is -0.0699. The number of amides is 1. The molecule has 100 valence electrons. The number of carbonyl (C=O) groups excluding carboxylic acids is 1. The predicted molar refractivity (Wildman–Crippen MR) is 88.5 cm³/mol. The predicted octanol–water partition coefficient (Wildman–Crippen LogP) is 5.09. The number of rotatable bonds is 5. The molecule has 19 heavy (non-hydrogen) atoms. The first kappa shape index (κ1) is 14.8. The third kappa shape index (κ3) is 4.16. The Morgan fingerprint density at radius 2 is 2.16 bits per heavy atom. The minimum atomic E-state index is -0.0699. The summed E-state index contributed by atoms with van der Waals surface area (Å²) in [4.78, 5) is 12.8. The molecule has 0 aliphatic heterocycles. The van der Waals surface area contributed by atoms with Gasteiger partial charge in [-0.05, 0) is 57.9 Å². The monoisotopic (exact) mass is 401 g/mol. The summed E-state index contributed by atoms with van der Waals surface area (Å²) < 4.78 is 0.838. The van der Waals surface area contributed by atoms with Gasteiger partial charge in [0.25, 0.3) is 5.91 Å². The number of nitrogens with one attached hydrogen (secondary N) is 1. The Hall–Kier alpha value is -0.650. The van der Waals surface area contributed by atoms with E-state index in [-0.39, 0.29) is 5.91 Å². The van der Waals surface area contributed by atoms with Gasteiger partial charge in [0.15, 0.2) is 0 Å². The zero-order valence-corrected chi connectivity index (χ0v) is 14.1. The van der Waals surface area contributed by atoms with Gasteiger partial charge in [-0.1, -0.05) is 28.1 Å². The van der Waals surface area contributed by atoms with Crippen molar-refractivity contribution in [3.05, 3.63) is 50.6 Å². The zero-order valence-electron chi connectivity index (χ0n) is 10.2. The van der Waals surface area contributed by atoms with Crippen LogP contribution >= 0.6 is 43.2 Å². The van der Waals surface area contributed by atoms with E-state index in [0.29, 0.717) is 4.88 Å². The molecule has 1 heterocycles. The molecule has 5 heteroatoms. The van der Waals surface area contributed by atoms with Crippen LogP contribution in [0.1, 0.15) is 21.7 Å². The molecule has 0 unspecified atom stereocenters. The number of hydrogen-bond acceptors (Lipinski definition) is 2. The maximum absolute atomic E-state index is 12.1. The van der Waals surface area contributed by atoms with Crippen molar-refractivity contribution in [2.24, 2.45) is 0 Å². The number of alkyl halides is 1. The molecule has 1 N–H and O–H groups in total. The minimum absolute atomic E-state index is 0.0699. The number of benzene rings is 1. The van der Waals surface area contributed by atoms with E-state index in [1.165, 1.54) is 16.9 Å². The van der Waals surface area contributed by atoms with Crippen molar-refractivity contribution in [1.82, 2.24) is 0 Å². The first-order chi connectivity index (χ1) is 9.20. The van der Waals surface area contributed by atoms with Crippen molar-refractivity contribution < 1.29 is 4.79 Å². The van der Waals surface area contributed by atoms with E-state index < -0.39 is 0 Å². The molecule has 0 aliphatic rings. The summed E-state index contributed by atoms with van der Waals surface area (Å²) in [5.41, 5.74) is 2.08. The van der Waals surface area contributed by atoms with Crippen LogP contribution in [0, 0.1) is 0 Å². The fourth-order valence-corrected chi connectivity index (χ4v) is 3.45. The van der Waals surface area contributed by atoms with Crippen molar-refractivity contribution in [1.29, 1.82) is 0 Å². The van der Waals surface area contributed by atoms with E-state index in [2.05, 4.69) is 43.2 Å². The first-order valence-corrected chi connectivity index (χ1v) is 8.69. The lowest BCUT2D eigenvalue weighted by molar-refractivity contribution is 0.103. The van der Waals surface area contributed by atoms with Gasteiger partial charge in [0, 0.05) is 15.5 Å². The fourth-order valence-electron chi connectivity index (χ4n) is 1.72. The van der Waals surface area contributed by atoms with Gasteiger partial charge < -0.3 is 5.32 Å². The van der Waals surface area contributed by atoms with Crippen molar-refractivity contribution in [3.8, 4) is 0 Å². The molecular formula is C14H13Br2NOS. The quantitative estimate of drug-likeness (QED) is 0.693. The van der Waals surface area contributed by atoms with E-state index in [0.717, 1.165) is 28.3 Å². The number of hydrogen-bond donors (Lipinski definition) is 1. The van der Waals surface area contributed by atoms with Crippen LogP contribution in [0.4, 0.5) is 5.69 Å². The highest BCUT2D eigenvalue weighted by Crippen LogP contribution is 2.24. The summed E-state index contributed by atoms with van der Waals surface area (Å²) in [6.07, 6.45) is 2.10. The molecule has 0 saturated heterocycles. The summed E-state index contributed by atoms with van der Waals surface area (Å²) in [5, 5.41) is 5.82. The van der Waals surface area contributed by atoms with Gasteiger partial charge in [0.05, 0.1) is 0 Å². The topological polar surface area (TPSA) is 29.1 Å².